The Morgan fingerprint density at radius 2 is 1.61 bits per heavy atom. The summed E-state index contributed by atoms with van der Waals surface area (Å²) in [5.41, 5.74) is 0.780. The van der Waals surface area contributed by atoms with Gasteiger partial charge in [0.1, 0.15) is 12.4 Å². The van der Waals surface area contributed by atoms with Crippen molar-refractivity contribution in [1.82, 2.24) is 0 Å². The fraction of sp³-hybridized carbons (Fsp3) is 0.848. The topological polar surface area (TPSA) is 69.7 Å². The summed E-state index contributed by atoms with van der Waals surface area (Å²) >= 11 is 0. The van der Waals surface area contributed by atoms with Crippen molar-refractivity contribution in [3.63, 3.8) is 0 Å². The van der Waals surface area contributed by atoms with E-state index < -0.39 is 10.8 Å². The summed E-state index contributed by atoms with van der Waals surface area (Å²) < 4.78 is 11.2. The van der Waals surface area contributed by atoms with Gasteiger partial charge in [0.15, 0.2) is 0 Å². The molecule has 0 spiro atoms. The number of aldehydes is 1. The van der Waals surface area contributed by atoms with E-state index in [1.54, 1.807) is 7.11 Å². The zero-order valence-corrected chi connectivity index (χ0v) is 25.1. The number of esters is 2. The molecule has 0 N–H and O–H groups in total. The molecule has 0 aromatic carbocycles. The van der Waals surface area contributed by atoms with Crippen LogP contribution in [-0.4, -0.2) is 31.4 Å². The Labute approximate surface area is 229 Å². The highest BCUT2D eigenvalue weighted by Gasteiger charge is 2.70. The van der Waals surface area contributed by atoms with Crippen LogP contribution in [0.3, 0.4) is 0 Å². The number of hydrogen-bond donors (Lipinski definition) is 0. The Kier molecular flexibility index (Phi) is 6.37. The van der Waals surface area contributed by atoms with Gasteiger partial charge in [0.05, 0.1) is 17.9 Å². The standard InChI is InChI=1S/C33H50O5/c1-21(35)38-26-12-13-29(4)24(30(26,5)20-34)11-14-32(7)25(29)10-9-22-23-19-28(2,3)15-17-33(23,27(36)37-8)18-16-31(22,32)6/h9,20,23-26H,10-19H2,1-8H3/t23-,24+,25+,26-,29-,30-,31+,32+,33-/m0/s1. The lowest BCUT2D eigenvalue weighted by molar-refractivity contribution is -0.211. The highest BCUT2D eigenvalue weighted by atomic mass is 16.5. The number of carbonyl (C=O) groups excluding carboxylic acids is 3. The first-order chi connectivity index (χ1) is 17.6. The third kappa shape index (κ3) is 3.51. The van der Waals surface area contributed by atoms with Crippen LogP contribution in [0.1, 0.15) is 113 Å². The summed E-state index contributed by atoms with van der Waals surface area (Å²) in [5.74, 6) is 0.572. The predicted octanol–water partition coefficient (Wildman–Crippen LogP) is 7.07. The molecule has 0 saturated heterocycles. The molecule has 0 unspecified atom stereocenters. The molecule has 212 valence electrons. The Balaban J connectivity index is 1.57. The lowest BCUT2D eigenvalue weighted by Crippen LogP contribution is -2.66. The fourth-order valence-electron chi connectivity index (χ4n) is 11.1. The van der Waals surface area contributed by atoms with Crippen LogP contribution in [0.25, 0.3) is 0 Å². The molecule has 0 aliphatic heterocycles. The van der Waals surface area contributed by atoms with E-state index >= 15 is 0 Å². The van der Waals surface area contributed by atoms with Gasteiger partial charge in [0.25, 0.3) is 0 Å². The second-order valence-electron chi connectivity index (χ2n) is 15.5. The van der Waals surface area contributed by atoms with Crippen LogP contribution in [0, 0.1) is 50.2 Å². The average molecular weight is 527 g/mol. The molecule has 9 atom stereocenters. The molecule has 0 heterocycles. The van der Waals surface area contributed by atoms with Crippen molar-refractivity contribution < 1.29 is 23.9 Å². The number of rotatable bonds is 3. The van der Waals surface area contributed by atoms with Crippen molar-refractivity contribution in [2.75, 3.05) is 7.11 Å². The van der Waals surface area contributed by atoms with E-state index in [1.807, 2.05) is 6.92 Å². The zero-order chi connectivity index (χ0) is 27.9. The molecule has 0 bridgehead atoms. The van der Waals surface area contributed by atoms with E-state index in [1.165, 1.54) is 12.5 Å². The minimum absolute atomic E-state index is 0.00515. The monoisotopic (exact) mass is 526 g/mol. The second-order valence-corrected chi connectivity index (χ2v) is 15.5. The van der Waals surface area contributed by atoms with Gasteiger partial charge in [-0.05, 0) is 111 Å². The van der Waals surface area contributed by atoms with Gasteiger partial charge >= 0.3 is 11.9 Å². The number of carbonyl (C=O) groups is 3. The van der Waals surface area contributed by atoms with Crippen LogP contribution in [-0.2, 0) is 23.9 Å². The first-order valence-electron chi connectivity index (χ1n) is 15.1. The molecule has 5 aliphatic rings. The number of ether oxygens (including phenoxy) is 2. The van der Waals surface area contributed by atoms with E-state index in [9.17, 15) is 14.4 Å². The van der Waals surface area contributed by atoms with E-state index in [-0.39, 0.29) is 51.5 Å². The van der Waals surface area contributed by atoms with Gasteiger partial charge in [-0.1, -0.05) is 46.3 Å². The fourth-order valence-corrected chi connectivity index (χ4v) is 11.1. The maximum absolute atomic E-state index is 13.4. The van der Waals surface area contributed by atoms with Crippen molar-refractivity contribution in [1.29, 1.82) is 0 Å². The number of fused-ring (bicyclic) bond motifs is 7. The molecule has 4 saturated carbocycles. The maximum atomic E-state index is 13.4. The summed E-state index contributed by atoms with van der Waals surface area (Å²) in [6.07, 6.45) is 13.0. The summed E-state index contributed by atoms with van der Waals surface area (Å²) in [6, 6.07) is 0. The van der Waals surface area contributed by atoms with Crippen molar-refractivity contribution in [2.45, 2.75) is 119 Å². The number of methoxy groups -OCH3 is 1. The first kappa shape index (κ1) is 27.9. The van der Waals surface area contributed by atoms with Crippen LogP contribution in [0.15, 0.2) is 11.6 Å². The minimum atomic E-state index is -0.662. The lowest BCUT2D eigenvalue weighted by Gasteiger charge is -2.71. The molecule has 0 radical (unpaired) electrons. The quantitative estimate of drug-likeness (QED) is 0.223. The average Bonchev–Trinajstić information content (AvgIpc) is 2.85. The highest BCUT2D eigenvalue weighted by molar-refractivity contribution is 5.78. The van der Waals surface area contributed by atoms with Crippen molar-refractivity contribution in [3.8, 4) is 0 Å². The first-order valence-corrected chi connectivity index (χ1v) is 15.1. The molecule has 0 aromatic heterocycles. The van der Waals surface area contributed by atoms with Gasteiger partial charge in [-0.25, -0.2) is 0 Å². The van der Waals surface area contributed by atoms with E-state index in [4.69, 9.17) is 9.47 Å². The molecule has 5 rings (SSSR count). The molecule has 0 aromatic rings. The van der Waals surface area contributed by atoms with Crippen molar-refractivity contribution in [2.24, 2.45) is 50.2 Å². The molecule has 4 fully saturated rings. The Hall–Kier alpha value is -1.65. The molecule has 5 aliphatic carbocycles. The van der Waals surface area contributed by atoms with E-state index in [0.29, 0.717) is 5.92 Å². The van der Waals surface area contributed by atoms with Gasteiger partial charge in [0, 0.05) is 6.92 Å². The van der Waals surface area contributed by atoms with Gasteiger partial charge in [-0.2, -0.15) is 0 Å². The third-order valence-corrected chi connectivity index (χ3v) is 13.4. The second kappa shape index (κ2) is 8.67. The van der Waals surface area contributed by atoms with Gasteiger partial charge < -0.3 is 14.3 Å². The van der Waals surface area contributed by atoms with Crippen LogP contribution in [0.5, 0.6) is 0 Å². The van der Waals surface area contributed by atoms with Gasteiger partial charge in [-0.15, -0.1) is 0 Å². The lowest BCUT2D eigenvalue weighted by atomic mass is 9.33. The largest absolute Gasteiger partial charge is 0.469 e. The Bertz CT molecular complexity index is 1060. The highest BCUT2D eigenvalue weighted by Crippen LogP contribution is 2.75. The summed E-state index contributed by atoms with van der Waals surface area (Å²) in [4.78, 5) is 38.0. The normalized spacial score (nSPS) is 49.2. The summed E-state index contributed by atoms with van der Waals surface area (Å²) in [6.45, 7) is 15.7. The summed E-state index contributed by atoms with van der Waals surface area (Å²) in [7, 11) is 1.56. The SMILES string of the molecule is COC(=O)[C@]12CCC(C)(C)C[C@H]1C1=CC[C@@H]3[C@@]4(C)CC[C@H](OC(C)=O)[C@@](C)(C=O)[C@@H]4CC[C@@]3(C)[C@]1(C)CC2. The molecular formula is C33H50O5. The molecule has 5 heteroatoms. The van der Waals surface area contributed by atoms with E-state index in [2.05, 4.69) is 40.7 Å². The molecule has 38 heavy (non-hydrogen) atoms. The van der Waals surface area contributed by atoms with E-state index in [0.717, 1.165) is 70.5 Å². The molecule has 0 amide bonds. The van der Waals surface area contributed by atoms with Crippen molar-refractivity contribution >= 4 is 18.2 Å². The Morgan fingerprint density at radius 3 is 2.24 bits per heavy atom. The predicted molar refractivity (Wildman–Crippen MR) is 147 cm³/mol. The van der Waals surface area contributed by atoms with Crippen LogP contribution in [0.4, 0.5) is 0 Å². The number of hydrogen-bond acceptors (Lipinski definition) is 5. The molecular weight excluding hydrogens is 476 g/mol. The van der Waals surface area contributed by atoms with Crippen molar-refractivity contribution in [3.05, 3.63) is 11.6 Å². The Morgan fingerprint density at radius 1 is 0.921 bits per heavy atom. The third-order valence-electron chi connectivity index (χ3n) is 13.4. The van der Waals surface area contributed by atoms with Crippen LogP contribution < -0.4 is 0 Å². The smallest absolute Gasteiger partial charge is 0.312 e. The zero-order valence-electron chi connectivity index (χ0n) is 25.1. The maximum Gasteiger partial charge on any atom is 0.312 e. The minimum Gasteiger partial charge on any atom is -0.469 e. The van der Waals surface area contributed by atoms with Crippen LogP contribution in [0.2, 0.25) is 0 Å². The molecule has 5 nitrogen and oxygen atoms in total. The van der Waals surface area contributed by atoms with Gasteiger partial charge in [-0.3, -0.25) is 9.59 Å². The summed E-state index contributed by atoms with van der Waals surface area (Å²) in [5, 5.41) is 0. The van der Waals surface area contributed by atoms with Gasteiger partial charge in [0.2, 0.25) is 0 Å². The number of allylic oxidation sites excluding steroid dienone is 2. The van der Waals surface area contributed by atoms with Crippen LogP contribution >= 0.6 is 0 Å².